The minimum atomic E-state index is -1.31. The summed E-state index contributed by atoms with van der Waals surface area (Å²) < 4.78 is 17.9. The van der Waals surface area contributed by atoms with Crippen LogP contribution in [0.4, 0.5) is 4.79 Å². The average Bonchev–Trinajstić information content (AvgIpc) is 3.33. The van der Waals surface area contributed by atoms with E-state index in [0.29, 0.717) is 25.0 Å². The molecule has 71 heavy (non-hydrogen) atoms. The Kier molecular flexibility index (Phi) is 27.2. The lowest BCUT2D eigenvalue weighted by Crippen LogP contribution is -2.57. The Morgan fingerprint density at radius 3 is 2.10 bits per heavy atom. The number of aliphatic hydroxyl groups excluding tert-OH is 1. The predicted octanol–water partition coefficient (Wildman–Crippen LogP) is 5.30. The molecule has 2 rings (SSSR count). The van der Waals surface area contributed by atoms with Gasteiger partial charge in [-0.1, -0.05) is 109 Å². The molecule has 18 nitrogen and oxygen atoms in total. The van der Waals surface area contributed by atoms with Crippen LogP contribution in [0.3, 0.4) is 0 Å². The molecule has 18 heteroatoms. The van der Waals surface area contributed by atoms with Gasteiger partial charge in [-0.3, -0.25) is 24.0 Å². The molecule has 1 aromatic carbocycles. The third-order valence-corrected chi connectivity index (χ3v) is 12.9. The first-order chi connectivity index (χ1) is 33.6. The molecule has 1 aliphatic heterocycles. The van der Waals surface area contributed by atoms with Crippen LogP contribution in [0.2, 0.25) is 0 Å². The number of hydrogen-bond donors (Lipinski definition) is 5. The number of ether oxygens (including phenoxy) is 3. The van der Waals surface area contributed by atoms with E-state index < -0.39 is 108 Å². The second-order valence-electron chi connectivity index (χ2n) is 19.4. The molecule has 0 aromatic heterocycles. The summed E-state index contributed by atoms with van der Waals surface area (Å²) in [5.74, 6) is -6.13. The maximum Gasteiger partial charge on any atom is 0.407 e. The SMILES string of the molecule is C/C=C(\C)[C@H]1OC(=O)[C@@H](C)NC(=O)[C@H]([C@H](C)CC)NC(=O)CN(C)C(=O)[C@@H](Cc2ccccc2)N(C)C(=O)[C@H](C)NC(=O)[C@@H](CC(C)C)OC(=O)/C(C)=C/C[C@H](OC(=O)NCCCCCCCCO)[C@@H]1C. The van der Waals surface area contributed by atoms with E-state index in [0.717, 1.165) is 42.6 Å². The van der Waals surface area contributed by atoms with E-state index >= 15 is 0 Å². The molecule has 0 bridgehead atoms. The summed E-state index contributed by atoms with van der Waals surface area (Å²) in [6, 6.07) is 4.35. The Balaban J connectivity index is 2.66. The molecule has 398 valence electrons. The fourth-order valence-corrected chi connectivity index (χ4v) is 8.01. The Labute approximate surface area is 421 Å². The number of aliphatic hydroxyl groups is 1. The highest BCUT2D eigenvalue weighted by Crippen LogP contribution is 2.26. The Hall–Kier alpha value is -5.78. The number of nitrogens with one attached hydrogen (secondary N) is 4. The molecular formula is C53H84N6O12. The highest BCUT2D eigenvalue weighted by Gasteiger charge is 2.37. The molecule has 0 unspecified atom stereocenters. The lowest BCUT2D eigenvalue weighted by molar-refractivity contribution is -0.155. The van der Waals surface area contributed by atoms with Crippen LogP contribution in [0, 0.1) is 17.8 Å². The number of benzene rings is 1. The van der Waals surface area contributed by atoms with Gasteiger partial charge in [0.1, 0.15) is 36.4 Å². The number of alkyl carbamates (subject to hydrolysis) is 1. The zero-order valence-corrected chi connectivity index (χ0v) is 44.3. The molecule has 1 aliphatic rings. The third-order valence-electron chi connectivity index (χ3n) is 12.9. The lowest BCUT2D eigenvalue weighted by atomic mass is 9.90. The van der Waals surface area contributed by atoms with Gasteiger partial charge in [-0.25, -0.2) is 14.4 Å². The van der Waals surface area contributed by atoms with Crippen LogP contribution >= 0.6 is 0 Å². The van der Waals surface area contributed by atoms with E-state index in [1.54, 1.807) is 58.0 Å². The summed E-state index contributed by atoms with van der Waals surface area (Å²) in [6.45, 7) is 17.0. The van der Waals surface area contributed by atoms with Crippen molar-refractivity contribution in [1.29, 1.82) is 0 Å². The minimum Gasteiger partial charge on any atom is -0.456 e. The Bertz CT molecular complexity index is 1970. The van der Waals surface area contributed by atoms with Crippen LogP contribution in [-0.2, 0) is 54.2 Å². The molecule has 0 saturated heterocycles. The van der Waals surface area contributed by atoms with Crippen LogP contribution < -0.4 is 21.3 Å². The second kappa shape index (κ2) is 31.5. The van der Waals surface area contributed by atoms with Crippen molar-refractivity contribution in [3.05, 3.63) is 59.2 Å². The van der Waals surface area contributed by atoms with E-state index in [9.17, 15) is 38.4 Å². The fraction of sp³-hybridized carbons (Fsp3) is 0.660. The number of nitrogens with zero attached hydrogens (tertiary/aromatic N) is 2. The van der Waals surface area contributed by atoms with Crippen LogP contribution in [0.1, 0.15) is 133 Å². The van der Waals surface area contributed by atoms with Crippen molar-refractivity contribution in [3.8, 4) is 0 Å². The Morgan fingerprint density at radius 2 is 1.49 bits per heavy atom. The molecule has 0 fully saturated rings. The van der Waals surface area contributed by atoms with E-state index in [2.05, 4.69) is 21.3 Å². The van der Waals surface area contributed by atoms with Gasteiger partial charge in [0.15, 0.2) is 6.10 Å². The summed E-state index contributed by atoms with van der Waals surface area (Å²) in [5, 5.41) is 20.0. The fourth-order valence-electron chi connectivity index (χ4n) is 8.01. The van der Waals surface area contributed by atoms with Gasteiger partial charge in [-0.15, -0.1) is 0 Å². The van der Waals surface area contributed by atoms with Gasteiger partial charge in [0.2, 0.25) is 23.6 Å². The maximum atomic E-state index is 14.3. The summed E-state index contributed by atoms with van der Waals surface area (Å²) in [4.78, 5) is 113. The van der Waals surface area contributed by atoms with E-state index in [1.807, 2.05) is 26.8 Å². The van der Waals surface area contributed by atoms with Crippen molar-refractivity contribution in [2.24, 2.45) is 17.8 Å². The highest BCUT2D eigenvalue weighted by atomic mass is 16.6. The first-order valence-corrected chi connectivity index (χ1v) is 25.3. The van der Waals surface area contributed by atoms with Gasteiger partial charge >= 0.3 is 18.0 Å². The van der Waals surface area contributed by atoms with Crippen molar-refractivity contribution in [2.75, 3.05) is 33.8 Å². The molecule has 6 amide bonds. The van der Waals surface area contributed by atoms with E-state index in [-0.39, 0.29) is 37.4 Å². The number of hydrogen-bond acceptors (Lipinski definition) is 12. The molecule has 0 spiro atoms. The molecule has 5 N–H and O–H groups in total. The normalized spacial score (nSPS) is 25.8. The molecular weight excluding hydrogens is 913 g/mol. The lowest BCUT2D eigenvalue weighted by Gasteiger charge is -2.33. The Morgan fingerprint density at radius 1 is 0.873 bits per heavy atom. The zero-order valence-electron chi connectivity index (χ0n) is 44.3. The van der Waals surface area contributed by atoms with Crippen molar-refractivity contribution in [2.45, 2.75) is 176 Å². The quantitative estimate of drug-likeness (QED) is 0.0614. The second-order valence-corrected chi connectivity index (χ2v) is 19.4. The third kappa shape index (κ3) is 20.8. The number of allylic oxidation sites excluding steroid dienone is 1. The summed E-state index contributed by atoms with van der Waals surface area (Å²) in [5.41, 5.74) is 1.44. The first-order valence-electron chi connectivity index (χ1n) is 25.3. The van der Waals surface area contributed by atoms with Crippen LogP contribution in [0.25, 0.3) is 0 Å². The summed E-state index contributed by atoms with van der Waals surface area (Å²) in [6.07, 6.45) is 5.04. The number of carbonyl (C=O) groups is 8. The number of cyclic esters (lactones) is 2. The predicted molar refractivity (Wildman–Crippen MR) is 270 cm³/mol. The topological polar surface area (TPSA) is 239 Å². The standard InChI is InChI=1S/C53H84N6O12/c1-13-34(5)45-48(63)56-39(10)52(67)71-46(35(6)14-2)37(8)42(70-53(68)54-28-22-17-15-16-18-23-29-60)27-26-36(7)51(66)69-43(30-33(3)4)47(62)55-38(9)49(64)59(12)41(31-40-24-20-19-21-25-40)50(65)58(11)32-44(61)57-45/h14,19-21,24-26,33-34,37-39,41-43,45-46,60H,13,15-18,22-23,27-32H2,1-12H3,(H,54,68)(H,55,62)(H,56,63)(H,57,61)/b35-14+,36-26+/t34-,37+,38+,39-,41-,42+,43-,45+,46-/m1/s1. The van der Waals surface area contributed by atoms with E-state index in [1.165, 1.54) is 45.8 Å². The zero-order chi connectivity index (χ0) is 53.4. The van der Waals surface area contributed by atoms with Crippen molar-refractivity contribution >= 4 is 47.6 Å². The number of likely N-dealkylation sites (N-methyl/N-ethyl adjacent to an activating group) is 2. The molecule has 9 atom stereocenters. The van der Waals surface area contributed by atoms with Crippen LogP contribution in [-0.4, -0.2) is 139 Å². The largest absolute Gasteiger partial charge is 0.456 e. The van der Waals surface area contributed by atoms with Crippen LogP contribution in [0.15, 0.2) is 53.6 Å². The number of carbonyl (C=O) groups excluding carboxylic acids is 8. The van der Waals surface area contributed by atoms with Crippen molar-refractivity contribution in [1.82, 2.24) is 31.1 Å². The summed E-state index contributed by atoms with van der Waals surface area (Å²) in [7, 11) is 2.84. The number of esters is 2. The smallest absolute Gasteiger partial charge is 0.407 e. The van der Waals surface area contributed by atoms with Gasteiger partial charge in [-0.05, 0) is 76.9 Å². The first kappa shape index (κ1) is 61.3. The van der Waals surface area contributed by atoms with Gasteiger partial charge in [-0.2, -0.15) is 0 Å². The molecule has 0 saturated carbocycles. The van der Waals surface area contributed by atoms with E-state index in [4.69, 9.17) is 19.3 Å². The van der Waals surface area contributed by atoms with Gasteiger partial charge < -0.3 is 50.4 Å². The highest BCUT2D eigenvalue weighted by molar-refractivity contribution is 5.96. The maximum absolute atomic E-state index is 14.3. The summed E-state index contributed by atoms with van der Waals surface area (Å²) >= 11 is 0. The molecule has 0 aliphatic carbocycles. The number of unbranched alkanes of at least 4 members (excludes halogenated alkanes) is 5. The van der Waals surface area contributed by atoms with Crippen molar-refractivity contribution < 1.29 is 57.7 Å². The minimum absolute atomic E-state index is 0.0367. The van der Waals surface area contributed by atoms with Crippen molar-refractivity contribution in [3.63, 3.8) is 0 Å². The number of amides is 6. The molecule has 0 radical (unpaired) electrons. The van der Waals surface area contributed by atoms with Crippen LogP contribution in [0.5, 0.6) is 0 Å². The average molecular weight is 997 g/mol. The number of rotatable bonds is 16. The van der Waals surface area contributed by atoms with Gasteiger partial charge in [0.05, 0.1) is 6.54 Å². The monoisotopic (exact) mass is 997 g/mol. The molecule has 1 heterocycles. The van der Waals surface area contributed by atoms with Gasteiger partial charge in [0.25, 0.3) is 5.91 Å². The molecule has 1 aromatic rings. The van der Waals surface area contributed by atoms with Gasteiger partial charge in [0, 0.05) is 51.6 Å².